The van der Waals surface area contributed by atoms with Crippen molar-refractivity contribution in [3.8, 4) is 0 Å². The number of hydrogen-bond donors (Lipinski definition) is 0. The number of aromatic nitrogens is 2. The van der Waals surface area contributed by atoms with Gasteiger partial charge in [0.2, 0.25) is 0 Å². The lowest BCUT2D eigenvalue weighted by Crippen LogP contribution is -2.33. The molecular formula is C11H17N3. The average molecular weight is 191 g/mol. The Morgan fingerprint density at radius 1 is 1.36 bits per heavy atom. The lowest BCUT2D eigenvalue weighted by Gasteiger charge is -2.31. The highest BCUT2D eigenvalue weighted by Crippen LogP contribution is 2.22. The van der Waals surface area contributed by atoms with E-state index in [-0.39, 0.29) is 0 Å². The van der Waals surface area contributed by atoms with Crippen molar-refractivity contribution in [2.75, 3.05) is 18.0 Å². The maximum Gasteiger partial charge on any atom is 0.134 e. The van der Waals surface area contributed by atoms with Crippen molar-refractivity contribution in [2.45, 2.75) is 26.7 Å². The van der Waals surface area contributed by atoms with E-state index in [2.05, 4.69) is 28.7 Å². The van der Waals surface area contributed by atoms with Crippen molar-refractivity contribution < 1.29 is 0 Å². The van der Waals surface area contributed by atoms with Crippen LogP contribution in [0.5, 0.6) is 0 Å². The minimum Gasteiger partial charge on any atom is -0.356 e. The molecule has 3 nitrogen and oxygen atoms in total. The van der Waals surface area contributed by atoms with E-state index in [0.29, 0.717) is 0 Å². The Bertz CT molecular complexity index is 303. The van der Waals surface area contributed by atoms with Gasteiger partial charge in [-0.05, 0) is 25.7 Å². The van der Waals surface area contributed by atoms with Crippen LogP contribution in [-0.2, 0) is 0 Å². The maximum atomic E-state index is 4.34. The quantitative estimate of drug-likeness (QED) is 0.680. The van der Waals surface area contributed by atoms with Crippen LogP contribution in [0, 0.1) is 12.8 Å². The fourth-order valence-corrected chi connectivity index (χ4v) is 1.94. The first-order valence-corrected chi connectivity index (χ1v) is 5.29. The summed E-state index contributed by atoms with van der Waals surface area (Å²) in [7, 11) is 0. The fraction of sp³-hybridized carbons (Fsp3) is 0.636. The van der Waals surface area contributed by atoms with Crippen molar-refractivity contribution >= 4 is 5.82 Å². The second kappa shape index (κ2) is 3.95. The minimum atomic E-state index is 0.869. The molecule has 2 heterocycles. The Hall–Kier alpha value is -1.12. The van der Waals surface area contributed by atoms with Crippen LogP contribution < -0.4 is 4.90 Å². The third-order valence-electron chi connectivity index (χ3n) is 2.95. The van der Waals surface area contributed by atoms with Gasteiger partial charge < -0.3 is 4.90 Å². The maximum absolute atomic E-state index is 4.34. The van der Waals surface area contributed by atoms with Crippen molar-refractivity contribution in [2.24, 2.45) is 5.92 Å². The molecule has 0 N–H and O–H groups in total. The first kappa shape index (κ1) is 9.44. The lowest BCUT2D eigenvalue weighted by atomic mass is 9.99. The van der Waals surface area contributed by atoms with E-state index in [4.69, 9.17) is 0 Å². The van der Waals surface area contributed by atoms with Gasteiger partial charge in [0.25, 0.3) is 0 Å². The van der Waals surface area contributed by atoms with Gasteiger partial charge in [-0.25, -0.2) is 9.97 Å². The third-order valence-corrected chi connectivity index (χ3v) is 2.95. The topological polar surface area (TPSA) is 29.0 Å². The average Bonchev–Trinajstić information content (AvgIpc) is 2.20. The Morgan fingerprint density at radius 2 is 2.07 bits per heavy atom. The molecule has 14 heavy (non-hydrogen) atoms. The third kappa shape index (κ3) is 1.86. The van der Waals surface area contributed by atoms with Gasteiger partial charge in [0.1, 0.15) is 12.1 Å². The summed E-state index contributed by atoms with van der Waals surface area (Å²) < 4.78 is 0. The summed E-state index contributed by atoms with van der Waals surface area (Å²) in [5.41, 5.74) is 1.18. The highest BCUT2D eigenvalue weighted by molar-refractivity contribution is 5.44. The highest BCUT2D eigenvalue weighted by Gasteiger charge is 2.17. The molecule has 0 unspecified atom stereocenters. The van der Waals surface area contributed by atoms with E-state index >= 15 is 0 Å². The van der Waals surface area contributed by atoms with Crippen LogP contribution in [-0.4, -0.2) is 23.1 Å². The summed E-state index contributed by atoms with van der Waals surface area (Å²) in [5.74, 6) is 1.99. The second-order valence-electron chi connectivity index (χ2n) is 4.20. The van der Waals surface area contributed by atoms with E-state index in [1.54, 1.807) is 6.33 Å². The van der Waals surface area contributed by atoms with Gasteiger partial charge in [-0.1, -0.05) is 6.92 Å². The van der Waals surface area contributed by atoms with Gasteiger partial charge >= 0.3 is 0 Å². The van der Waals surface area contributed by atoms with E-state index in [9.17, 15) is 0 Å². The molecule has 1 fully saturated rings. The molecule has 3 heteroatoms. The van der Waals surface area contributed by atoms with Crippen molar-refractivity contribution in [3.05, 3.63) is 18.1 Å². The van der Waals surface area contributed by atoms with Crippen LogP contribution >= 0.6 is 0 Å². The molecule has 0 spiro atoms. The molecule has 0 radical (unpaired) electrons. The van der Waals surface area contributed by atoms with Crippen molar-refractivity contribution in [1.82, 2.24) is 9.97 Å². The zero-order valence-corrected chi connectivity index (χ0v) is 8.90. The molecule has 1 saturated heterocycles. The second-order valence-corrected chi connectivity index (χ2v) is 4.20. The fourth-order valence-electron chi connectivity index (χ4n) is 1.94. The molecule has 1 aromatic heterocycles. The predicted octanol–water partition coefficient (Wildman–Crippen LogP) is 2.02. The zero-order valence-electron chi connectivity index (χ0n) is 8.90. The number of piperidine rings is 1. The predicted molar refractivity (Wildman–Crippen MR) is 57.4 cm³/mol. The molecular weight excluding hydrogens is 174 g/mol. The lowest BCUT2D eigenvalue weighted by molar-refractivity contribution is 0.436. The summed E-state index contributed by atoms with van der Waals surface area (Å²) in [5, 5.41) is 0. The SMILES string of the molecule is Cc1cncnc1N1CCC(C)CC1. The molecule has 1 aliphatic rings. The molecule has 0 aromatic carbocycles. The van der Waals surface area contributed by atoms with Crippen LogP contribution in [0.15, 0.2) is 12.5 Å². The number of anilines is 1. The van der Waals surface area contributed by atoms with Gasteiger partial charge in [-0.2, -0.15) is 0 Å². The number of aryl methyl sites for hydroxylation is 1. The highest BCUT2D eigenvalue weighted by atomic mass is 15.2. The Morgan fingerprint density at radius 3 is 2.71 bits per heavy atom. The first-order valence-electron chi connectivity index (χ1n) is 5.29. The van der Waals surface area contributed by atoms with Gasteiger partial charge in [0.05, 0.1) is 0 Å². The largest absolute Gasteiger partial charge is 0.356 e. The van der Waals surface area contributed by atoms with Gasteiger partial charge in [0, 0.05) is 24.8 Å². The van der Waals surface area contributed by atoms with Crippen LogP contribution in [0.25, 0.3) is 0 Å². The zero-order chi connectivity index (χ0) is 9.97. The van der Waals surface area contributed by atoms with Gasteiger partial charge in [0.15, 0.2) is 0 Å². The molecule has 0 saturated carbocycles. The van der Waals surface area contributed by atoms with Crippen LogP contribution in [0.1, 0.15) is 25.3 Å². The van der Waals surface area contributed by atoms with Crippen molar-refractivity contribution in [3.63, 3.8) is 0 Å². The molecule has 1 aromatic rings. The summed E-state index contributed by atoms with van der Waals surface area (Å²) >= 11 is 0. The molecule has 1 aliphatic heterocycles. The van der Waals surface area contributed by atoms with Crippen LogP contribution in [0.3, 0.4) is 0 Å². The van der Waals surface area contributed by atoms with E-state index in [1.165, 1.54) is 18.4 Å². The normalized spacial score (nSPS) is 18.6. The first-order chi connectivity index (χ1) is 6.77. The van der Waals surface area contributed by atoms with Gasteiger partial charge in [-0.3, -0.25) is 0 Å². The molecule has 0 atom stereocenters. The molecule has 2 rings (SSSR count). The summed E-state index contributed by atoms with van der Waals surface area (Å²) in [6, 6.07) is 0. The van der Waals surface area contributed by atoms with Gasteiger partial charge in [-0.15, -0.1) is 0 Å². The minimum absolute atomic E-state index is 0.869. The van der Waals surface area contributed by atoms with E-state index < -0.39 is 0 Å². The Balaban J connectivity index is 2.12. The standard InChI is InChI=1S/C11H17N3/c1-9-3-5-14(6-4-9)11-10(2)7-12-8-13-11/h7-9H,3-6H2,1-2H3. The Labute approximate surface area is 85.2 Å². The molecule has 0 aliphatic carbocycles. The molecule has 0 amide bonds. The van der Waals surface area contributed by atoms with E-state index in [1.807, 2.05) is 6.20 Å². The van der Waals surface area contributed by atoms with Crippen LogP contribution in [0.4, 0.5) is 5.82 Å². The van der Waals surface area contributed by atoms with Crippen LogP contribution in [0.2, 0.25) is 0 Å². The summed E-state index contributed by atoms with van der Waals surface area (Å²) in [6.07, 6.45) is 6.09. The summed E-state index contributed by atoms with van der Waals surface area (Å²) in [4.78, 5) is 10.7. The summed E-state index contributed by atoms with van der Waals surface area (Å²) in [6.45, 7) is 6.68. The monoisotopic (exact) mass is 191 g/mol. The van der Waals surface area contributed by atoms with Crippen molar-refractivity contribution in [1.29, 1.82) is 0 Å². The smallest absolute Gasteiger partial charge is 0.134 e. The number of rotatable bonds is 1. The molecule has 76 valence electrons. The van der Waals surface area contributed by atoms with E-state index in [0.717, 1.165) is 24.8 Å². The number of hydrogen-bond acceptors (Lipinski definition) is 3. The number of nitrogens with zero attached hydrogens (tertiary/aromatic N) is 3. The molecule has 0 bridgehead atoms. The Kier molecular flexibility index (Phi) is 2.66.